The highest BCUT2D eigenvalue weighted by atomic mass is 19.3. The molecule has 9 nitrogen and oxygen atoms in total. The van der Waals surface area contributed by atoms with Crippen molar-refractivity contribution in [3.63, 3.8) is 0 Å². The zero-order chi connectivity index (χ0) is 63.6. The highest BCUT2D eigenvalue weighted by molar-refractivity contribution is 5.75. The highest BCUT2D eigenvalue weighted by Gasteiger charge is 2.79. The minimum Gasteiger partial charge on any atom is -0.438 e. The summed E-state index contributed by atoms with van der Waals surface area (Å²) in [6.07, 6.45) is 8.97. The van der Waals surface area contributed by atoms with E-state index in [4.69, 9.17) is 28.4 Å². The number of carbonyl (C=O) groups excluding carboxylic acids is 3. The van der Waals surface area contributed by atoms with Crippen LogP contribution in [0, 0.1) is 107 Å². The number of rotatable bonds is 16. The lowest BCUT2D eigenvalue weighted by Crippen LogP contribution is -2.67. The van der Waals surface area contributed by atoms with E-state index in [2.05, 4.69) is 0 Å². The molecule has 0 aromatic carbocycles. The monoisotopic (exact) mass is 1270 g/mol. The summed E-state index contributed by atoms with van der Waals surface area (Å²) in [5.74, 6) is -28.8. The molecule has 0 N–H and O–H groups in total. The van der Waals surface area contributed by atoms with Crippen LogP contribution in [0.25, 0.3) is 0 Å². The summed E-state index contributed by atoms with van der Waals surface area (Å²) in [6, 6.07) is 0. The van der Waals surface area contributed by atoms with Crippen LogP contribution in [0.1, 0.15) is 176 Å². The lowest BCUT2D eigenvalue weighted by atomic mass is 9.52. The Labute approximate surface area is 499 Å². The molecule has 498 valence electrons. The van der Waals surface area contributed by atoms with Crippen LogP contribution in [0.2, 0.25) is 0 Å². The van der Waals surface area contributed by atoms with E-state index in [0.717, 1.165) is 88.9 Å². The van der Waals surface area contributed by atoms with Gasteiger partial charge in [-0.3, -0.25) is 14.4 Å². The van der Waals surface area contributed by atoms with Gasteiger partial charge < -0.3 is 28.4 Å². The van der Waals surface area contributed by atoms with E-state index >= 15 is 0 Å². The van der Waals surface area contributed by atoms with Crippen molar-refractivity contribution in [1.82, 2.24) is 0 Å². The molecular formula is C63H87F15O9. The first-order valence-electron chi connectivity index (χ1n) is 32.1. The first-order chi connectivity index (χ1) is 40.4. The van der Waals surface area contributed by atoms with Gasteiger partial charge in [-0.25, -0.2) is 48.3 Å². The van der Waals surface area contributed by atoms with E-state index in [-0.39, 0.29) is 81.6 Å². The minimum atomic E-state index is -4.51. The Balaban J connectivity index is 0.000000144. The summed E-state index contributed by atoms with van der Waals surface area (Å²) >= 11 is 0. The lowest BCUT2D eigenvalue weighted by molar-refractivity contribution is -0.331. The number of ether oxygens (including phenoxy) is 6. The minimum absolute atomic E-state index is 0.0525. The highest BCUT2D eigenvalue weighted by Crippen LogP contribution is 2.63. The van der Waals surface area contributed by atoms with Crippen molar-refractivity contribution in [3.05, 3.63) is 0 Å². The molecule has 15 aliphatic rings. The molecule has 15 rings (SSSR count). The fourth-order valence-corrected chi connectivity index (χ4v) is 20.2. The van der Waals surface area contributed by atoms with Crippen molar-refractivity contribution in [3.8, 4) is 0 Å². The zero-order valence-electron chi connectivity index (χ0n) is 50.4. The van der Waals surface area contributed by atoms with Gasteiger partial charge in [0.2, 0.25) is 17.0 Å². The number of esters is 3. The molecule has 0 saturated heterocycles. The van der Waals surface area contributed by atoms with Crippen molar-refractivity contribution in [2.45, 2.75) is 247 Å². The van der Waals surface area contributed by atoms with Gasteiger partial charge in [-0.05, 0) is 219 Å². The van der Waals surface area contributed by atoms with Crippen LogP contribution in [0.3, 0.4) is 0 Å². The smallest absolute Gasteiger partial charge is 0.317 e. The second-order valence-corrected chi connectivity index (χ2v) is 29.6. The topological polar surface area (TPSA) is 107 Å². The SMILES string of the molecule is CC1CC(OCOC(=O)C2C3CC4CC(C3)CC2C4)C(F)(F)C(F)(C(C)(F)F)C1.CCC1CC(C(=O)OCOC2C3CC4CC(C3)CC2C4)C(F)(F)C1(F)C(C)(F)F.CCC1CC(OCOC(=O)C2C3CC4CC(C3)CC2C4)C(F)(F)C(C)(F)C1(F)F. The fourth-order valence-electron chi connectivity index (χ4n) is 20.2. The van der Waals surface area contributed by atoms with E-state index in [1.165, 1.54) is 40.0 Å². The van der Waals surface area contributed by atoms with Gasteiger partial charge in [0.1, 0.15) is 18.1 Å². The summed E-state index contributed by atoms with van der Waals surface area (Å²) in [7, 11) is 0. The van der Waals surface area contributed by atoms with E-state index in [1.807, 2.05) is 0 Å². The number of carbonyl (C=O) groups is 3. The summed E-state index contributed by atoms with van der Waals surface area (Å²) in [5, 5.41) is 0. The van der Waals surface area contributed by atoms with E-state index in [9.17, 15) is 80.2 Å². The van der Waals surface area contributed by atoms with Crippen LogP contribution >= 0.6 is 0 Å². The predicted octanol–water partition coefficient (Wildman–Crippen LogP) is 16.1. The Morgan fingerprint density at radius 1 is 0.425 bits per heavy atom. The molecule has 0 aromatic heterocycles. The molecule has 0 aromatic rings. The first kappa shape index (κ1) is 67.1. The summed E-state index contributed by atoms with van der Waals surface area (Å²) in [6.45, 7) is 2.73. The van der Waals surface area contributed by atoms with Gasteiger partial charge in [-0.1, -0.05) is 20.8 Å². The quantitative estimate of drug-likeness (QED) is 0.0646. The zero-order valence-corrected chi connectivity index (χ0v) is 50.4. The Kier molecular flexibility index (Phi) is 18.5. The van der Waals surface area contributed by atoms with Crippen LogP contribution in [-0.4, -0.2) is 109 Å². The summed E-state index contributed by atoms with van der Waals surface area (Å²) in [5.41, 5.74) is -12.1. The molecule has 12 bridgehead atoms. The lowest BCUT2D eigenvalue weighted by Gasteiger charge is -2.53. The third-order valence-electron chi connectivity index (χ3n) is 24.0. The average Bonchev–Trinajstić information content (AvgIpc) is 1.86. The van der Waals surface area contributed by atoms with Gasteiger partial charge in [-0.15, -0.1) is 0 Å². The maximum Gasteiger partial charge on any atom is 0.317 e. The van der Waals surface area contributed by atoms with Crippen molar-refractivity contribution in [1.29, 1.82) is 0 Å². The molecule has 9 unspecified atom stereocenters. The number of halogens is 15. The summed E-state index contributed by atoms with van der Waals surface area (Å²) in [4.78, 5) is 37.5. The molecule has 0 amide bonds. The largest absolute Gasteiger partial charge is 0.438 e. The third kappa shape index (κ3) is 11.7. The number of hydrogen-bond acceptors (Lipinski definition) is 9. The van der Waals surface area contributed by atoms with Crippen LogP contribution in [0.4, 0.5) is 65.9 Å². The Morgan fingerprint density at radius 3 is 1.16 bits per heavy atom. The van der Waals surface area contributed by atoms with Gasteiger partial charge in [0, 0.05) is 25.7 Å². The molecule has 0 aliphatic heterocycles. The number of alkyl halides is 15. The molecule has 0 radical (unpaired) electrons. The standard InChI is InChI=1S/3C21H29F5O3/c1-11-3-16(21(25,26)20(24,9-11)19(2,22)23)28-10-29-18(27)17-14-5-12-4-13(7-14)8-15(17)6-12;1-3-15-9-16(21(25,26)19(2,22)20(15,23)24)28-10-29-18(27)17-13-5-11-4-12(7-13)8-14(17)6-11;1-3-15-9-16(21(25,26)20(15,24)19(2,22)23)18(27)29-10-28-17-13-5-11-4-12(7-13)8-14(17)6-11/h3*11-17H,3-10H2,1-2H3. The van der Waals surface area contributed by atoms with Gasteiger partial charge in [0.05, 0.1) is 17.9 Å². The maximum atomic E-state index is 14.9. The molecular weight excluding hydrogens is 1190 g/mol. The van der Waals surface area contributed by atoms with Crippen LogP contribution in [0.5, 0.6) is 0 Å². The van der Waals surface area contributed by atoms with E-state index in [1.54, 1.807) is 0 Å². The van der Waals surface area contributed by atoms with Crippen molar-refractivity contribution >= 4 is 17.9 Å². The van der Waals surface area contributed by atoms with Crippen LogP contribution in [0.15, 0.2) is 0 Å². The molecule has 24 heteroatoms. The van der Waals surface area contributed by atoms with Crippen molar-refractivity contribution in [2.24, 2.45) is 107 Å². The molecule has 15 fully saturated rings. The first-order valence-corrected chi connectivity index (χ1v) is 32.1. The fraction of sp³-hybridized carbons (Fsp3) is 0.952. The van der Waals surface area contributed by atoms with Crippen molar-refractivity contribution in [2.75, 3.05) is 20.4 Å². The molecule has 0 spiro atoms. The van der Waals surface area contributed by atoms with E-state index < -0.39 is 146 Å². The third-order valence-corrected chi connectivity index (χ3v) is 24.0. The van der Waals surface area contributed by atoms with Gasteiger partial charge in [0.25, 0.3) is 17.8 Å². The Hall–Kier alpha value is -2.76. The van der Waals surface area contributed by atoms with E-state index in [0.29, 0.717) is 35.5 Å². The molecule has 15 aliphatic carbocycles. The normalized spacial score (nSPS) is 46.2. The van der Waals surface area contributed by atoms with Gasteiger partial charge in [-0.2, -0.15) is 17.6 Å². The van der Waals surface area contributed by atoms with Crippen LogP contribution in [-0.2, 0) is 42.8 Å². The Morgan fingerprint density at radius 2 is 0.793 bits per heavy atom. The maximum absolute atomic E-state index is 14.9. The Bertz CT molecular complexity index is 2330. The van der Waals surface area contributed by atoms with Gasteiger partial charge in [0.15, 0.2) is 20.4 Å². The van der Waals surface area contributed by atoms with Crippen molar-refractivity contribution < 1.29 is 109 Å². The average molecular weight is 1270 g/mol. The second kappa shape index (κ2) is 24.0. The van der Waals surface area contributed by atoms with Crippen LogP contribution < -0.4 is 0 Å². The molecule has 9 atom stereocenters. The second-order valence-electron chi connectivity index (χ2n) is 29.6. The molecule has 87 heavy (non-hydrogen) atoms. The molecule has 0 heterocycles. The predicted molar refractivity (Wildman–Crippen MR) is 283 cm³/mol. The number of hydrogen-bond donors (Lipinski definition) is 0. The molecule has 15 saturated carbocycles. The van der Waals surface area contributed by atoms with Gasteiger partial charge >= 0.3 is 35.7 Å². The summed E-state index contributed by atoms with van der Waals surface area (Å²) < 4.78 is 246.